The van der Waals surface area contributed by atoms with E-state index in [1.807, 2.05) is 55.5 Å². The van der Waals surface area contributed by atoms with Gasteiger partial charge in [0.05, 0.1) is 5.52 Å². The van der Waals surface area contributed by atoms with Gasteiger partial charge in [0.25, 0.3) is 0 Å². The van der Waals surface area contributed by atoms with Gasteiger partial charge in [0.2, 0.25) is 0 Å². The lowest BCUT2D eigenvalue weighted by Crippen LogP contribution is -2.19. The molecule has 0 saturated heterocycles. The number of benzene rings is 2. The Bertz CT molecular complexity index is 827. The molecule has 0 fully saturated rings. The van der Waals surface area contributed by atoms with Gasteiger partial charge in [-0.25, -0.2) is 4.79 Å². The summed E-state index contributed by atoms with van der Waals surface area (Å²) in [7, 11) is 0. The smallest absolute Gasteiger partial charge is 0.337 e. The second-order valence-corrected chi connectivity index (χ2v) is 5.86. The van der Waals surface area contributed by atoms with Crippen LogP contribution in [0.5, 0.6) is 11.8 Å². The highest BCUT2D eigenvalue weighted by Crippen LogP contribution is 2.26. The molecule has 118 valence electrons. The topological polar surface area (TPSA) is 53.4 Å². The molecule has 3 aromatic rings. The van der Waals surface area contributed by atoms with E-state index in [9.17, 15) is 4.79 Å². The van der Waals surface area contributed by atoms with Gasteiger partial charge in [-0.2, -0.15) is 4.98 Å². The maximum absolute atomic E-state index is 11.9. The highest BCUT2D eigenvalue weighted by Gasteiger charge is 2.16. The number of ether oxygens (including phenoxy) is 1. The Morgan fingerprint density at radius 3 is 2.65 bits per heavy atom. The molecule has 0 bridgehead atoms. The molecule has 3 rings (SSSR count). The van der Waals surface area contributed by atoms with Crippen LogP contribution in [0.1, 0.15) is 19.8 Å². The van der Waals surface area contributed by atoms with Crippen molar-refractivity contribution in [3.8, 4) is 11.8 Å². The number of aromatic nitrogens is 2. The third-order valence-electron chi connectivity index (χ3n) is 3.16. The molecule has 6 heteroatoms. The monoisotopic (exact) mass is 374 g/mol. The van der Waals surface area contributed by atoms with E-state index in [0.29, 0.717) is 29.6 Å². The fraction of sp³-hybridized carbons (Fsp3) is 0.176. The first-order valence-electron chi connectivity index (χ1n) is 7.29. The van der Waals surface area contributed by atoms with E-state index < -0.39 is 0 Å². The van der Waals surface area contributed by atoms with Crippen molar-refractivity contribution < 1.29 is 14.4 Å². The quantitative estimate of drug-likeness (QED) is 0.666. The van der Waals surface area contributed by atoms with Crippen LogP contribution in [-0.2, 0) is 4.79 Å². The van der Waals surface area contributed by atoms with Crippen molar-refractivity contribution in [3.63, 3.8) is 0 Å². The zero-order chi connectivity index (χ0) is 16.2. The number of carbonyl (C=O) groups excluding carboxylic acids is 1. The Kier molecular flexibility index (Phi) is 4.62. The highest BCUT2D eigenvalue weighted by atomic mass is 79.9. The van der Waals surface area contributed by atoms with Gasteiger partial charge in [-0.05, 0) is 42.8 Å². The Balaban J connectivity index is 1.97. The van der Waals surface area contributed by atoms with Crippen LogP contribution in [0.3, 0.4) is 0 Å². The van der Waals surface area contributed by atoms with Gasteiger partial charge < -0.3 is 9.57 Å². The molecule has 0 aliphatic rings. The summed E-state index contributed by atoms with van der Waals surface area (Å²) in [6.07, 6.45) is 1.05. The van der Waals surface area contributed by atoms with Crippen molar-refractivity contribution >= 4 is 32.9 Å². The van der Waals surface area contributed by atoms with Gasteiger partial charge in [0.1, 0.15) is 11.3 Å². The van der Waals surface area contributed by atoms with Crippen molar-refractivity contribution in [1.82, 2.24) is 9.71 Å². The molecule has 0 aliphatic carbocycles. The maximum Gasteiger partial charge on any atom is 0.337 e. The minimum absolute atomic E-state index is 0.220. The van der Waals surface area contributed by atoms with E-state index in [-0.39, 0.29) is 12.0 Å². The van der Waals surface area contributed by atoms with E-state index in [1.54, 1.807) is 0 Å². The normalized spacial score (nSPS) is 10.7. The van der Waals surface area contributed by atoms with Gasteiger partial charge in [-0.3, -0.25) is 0 Å². The maximum atomic E-state index is 11.9. The third-order valence-corrected chi connectivity index (χ3v) is 3.69. The summed E-state index contributed by atoms with van der Waals surface area (Å²) in [4.78, 5) is 21.7. The Hall–Kier alpha value is -2.34. The number of hydrogen-bond acceptors (Lipinski definition) is 4. The van der Waals surface area contributed by atoms with Crippen LogP contribution in [0.4, 0.5) is 0 Å². The van der Waals surface area contributed by atoms with Gasteiger partial charge >= 0.3 is 12.0 Å². The average molecular weight is 375 g/mol. The molecule has 1 aromatic heterocycles. The van der Waals surface area contributed by atoms with Crippen LogP contribution >= 0.6 is 15.9 Å². The van der Waals surface area contributed by atoms with Crippen molar-refractivity contribution in [2.24, 2.45) is 0 Å². The molecule has 5 nitrogen and oxygen atoms in total. The lowest BCUT2D eigenvalue weighted by atomic mass is 10.3. The van der Waals surface area contributed by atoms with Gasteiger partial charge in [0.15, 0.2) is 0 Å². The summed E-state index contributed by atoms with van der Waals surface area (Å²) in [5, 5.41) is 0. The van der Waals surface area contributed by atoms with Gasteiger partial charge in [-0.1, -0.05) is 35.0 Å². The number of fused-ring (bicyclic) bond motifs is 1. The number of rotatable bonds is 5. The predicted octanol–water partition coefficient (Wildman–Crippen LogP) is 4.35. The van der Waals surface area contributed by atoms with Crippen molar-refractivity contribution in [1.29, 1.82) is 0 Å². The summed E-state index contributed by atoms with van der Waals surface area (Å²) < 4.78 is 8.08. The minimum atomic E-state index is -0.323. The standard InChI is InChI=1S/C17H15BrN2O3/c1-2-5-16(21)23-20-15-7-4-3-6-14(15)19-17(20)22-13-10-8-12(18)9-11-13/h3-4,6-11H,2,5H2,1H3. The van der Waals surface area contributed by atoms with Crippen LogP contribution in [0, 0.1) is 0 Å². The van der Waals surface area contributed by atoms with E-state index in [1.165, 1.54) is 4.73 Å². The largest absolute Gasteiger partial charge is 0.423 e. The molecule has 0 amide bonds. The van der Waals surface area contributed by atoms with Crippen LogP contribution in [0.2, 0.25) is 0 Å². The van der Waals surface area contributed by atoms with Crippen molar-refractivity contribution in [2.45, 2.75) is 19.8 Å². The van der Waals surface area contributed by atoms with Crippen LogP contribution < -0.4 is 9.57 Å². The molecule has 1 heterocycles. The number of hydrogen-bond donors (Lipinski definition) is 0. The lowest BCUT2D eigenvalue weighted by molar-refractivity contribution is -0.144. The Morgan fingerprint density at radius 2 is 1.91 bits per heavy atom. The summed E-state index contributed by atoms with van der Waals surface area (Å²) >= 11 is 3.38. The van der Waals surface area contributed by atoms with E-state index in [0.717, 1.165) is 4.47 Å². The highest BCUT2D eigenvalue weighted by molar-refractivity contribution is 9.10. The van der Waals surface area contributed by atoms with Gasteiger partial charge in [-0.15, -0.1) is 4.73 Å². The third kappa shape index (κ3) is 3.53. The van der Waals surface area contributed by atoms with E-state index >= 15 is 0 Å². The fourth-order valence-electron chi connectivity index (χ4n) is 2.09. The molecule has 0 unspecified atom stereocenters. The molecule has 0 aliphatic heterocycles. The zero-order valence-electron chi connectivity index (χ0n) is 12.5. The molecular formula is C17H15BrN2O3. The van der Waals surface area contributed by atoms with Crippen molar-refractivity contribution in [3.05, 3.63) is 53.0 Å². The summed E-state index contributed by atoms with van der Waals surface area (Å²) in [5.41, 5.74) is 1.38. The molecule has 2 aromatic carbocycles. The summed E-state index contributed by atoms with van der Waals surface area (Å²) in [6, 6.07) is 15.0. The zero-order valence-corrected chi connectivity index (χ0v) is 14.1. The first-order chi connectivity index (χ1) is 11.2. The molecule has 0 radical (unpaired) electrons. The van der Waals surface area contributed by atoms with Crippen LogP contribution in [-0.4, -0.2) is 15.7 Å². The predicted molar refractivity (Wildman–Crippen MR) is 90.4 cm³/mol. The number of para-hydroxylation sites is 2. The second kappa shape index (κ2) is 6.83. The second-order valence-electron chi connectivity index (χ2n) is 4.95. The number of nitrogens with zero attached hydrogens (tertiary/aromatic N) is 2. The van der Waals surface area contributed by atoms with E-state index in [2.05, 4.69) is 20.9 Å². The molecular weight excluding hydrogens is 360 g/mol. The molecule has 0 spiro atoms. The Labute approximate surface area is 141 Å². The summed E-state index contributed by atoms with van der Waals surface area (Å²) in [5.74, 6) is 0.285. The number of halogens is 1. The molecule has 23 heavy (non-hydrogen) atoms. The number of carbonyl (C=O) groups is 1. The Morgan fingerprint density at radius 1 is 1.17 bits per heavy atom. The molecule has 0 N–H and O–H groups in total. The van der Waals surface area contributed by atoms with Crippen LogP contribution in [0.15, 0.2) is 53.0 Å². The first-order valence-corrected chi connectivity index (χ1v) is 8.08. The molecule has 0 atom stereocenters. The van der Waals surface area contributed by atoms with Gasteiger partial charge in [0, 0.05) is 10.9 Å². The molecule has 0 saturated carbocycles. The first kappa shape index (κ1) is 15.6. The minimum Gasteiger partial charge on any atom is -0.423 e. The average Bonchev–Trinajstić information content (AvgIpc) is 2.88. The lowest BCUT2D eigenvalue weighted by Gasteiger charge is -2.09. The SMILES string of the molecule is CCCC(=O)On1c(Oc2ccc(Br)cc2)nc2ccccc21. The number of imidazole rings is 1. The fourth-order valence-corrected chi connectivity index (χ4v) is 2.36. The summed E-state index contributed by atoms with van der Waals surface area (Å²) in [6.45, 7) is 1.92. The van der Waals surface area contributed by atoms with Crippen LogP contribution in [0.25, 0.3) is 11.0 Å². The van der Waals surface area contributed by atoms with Crippen molar-refractivity contribution in [2.75, 3.05) is 0 Å². The van der Waals surface area contributed by atoms with E-state index in [4.69, 9.17) is 9.57 Å².